The zero-order chi connectivity index (χ0) is 30.8. The second-order valence-electron chi connectivity index (χ2n) is 12.4. The van der Waals surface area contributed by atoms with E-state index >= 15 is 0 Å². The van der Waals surface area contributed by atoms with Crippen LogP contribution in [0.2, 0.25) is 0 Å². The lowest BCUT2D eigenvalue weighted by Gasteiger charge is -2.07. The van der Waals surface area contributed by atoms with Crippen molar-refractivity contribution in [2.75, 3.05) is 13.1 Å². The summed E-state index contributed by atoms with van der Waals surface area (Å²) in [4.78, 5) is 9.18. The van der Waals surface area contributed by atoms with Crippen molar-refractivity contribution in [3.8, 4) is 11.5 Å². The van der Waals surface area contributed by atoms with Crippen LogP contribution in [0.1, 0.15) is 165 Å². The summed E-state index contributed by atoms with van der Waals surface area (Å²) < 4.78 is 0. The molecule has 240 valence electrons. The van der Waals surface area contributed by atoms with E-state index in [-0.39, 0.29) is 11.5 Å². The number of rotatable bonds is 26. The molecule has 0 saturated heterocycles. The summed E-state index contributed by atoms with van der Waals surface area (Å²) >= 11 is 0. The van der Waals surface area contributed by atoms with Crippen LogP contribution in [0.3, 0.4) is 0 Å². The van der Waals surface area contributed by atoms with Crippen LogP contribution in [0.4, 0.5) is 0 Å². The van der Waals surface area contributed by atoms with E-state index in [4.69, 9.17) is 0 Å². The lowest BCUT2D eigenvalue weighted by atomic mass is 10.0. The minimum atomic E-state index is 0.265. The quantitative estimate of drug-likeness (QED) is 0.0845. The first-order chi connectivity index (χ1) is 21.1. The van der Waals surface area contributed by atoms with E-state index in [1.165, 1.54) is 116 Å². The molecule has 0 unspecified atom stereocenters. The minimum Gasteiger partial charge on any atom is -0.507 e. The van der Waals surface area contributed by atoms with Crippen molar-refractivity contribution in [3.05, 3.63) is 58.7 Å². The molecule has 0 saturated carbocycles. The molecule has 0 fully saturated rings. The van der Waals surface area contributed by atoms with Crippen LogP contribution in [-0.2, 0) is 6.42 Å². The van der Waals surface area contributed by atoms with Gasteiger partial charge in [-0.1, -0.05) is 142 Å². The van der Waals surface area contributed by atoms with Gasteiger partial charge in [-0.2, -0.15) is 0 Å². The van der Waals surface area contributed by atoms with Crippen molar-refractivity contribution in [2.24, 2.45) is 9.98 Å². The molecule has 4 heteroatoms. The second kappa shape index (κ2) is 24.8. The van der Waals surface area contributed by atoms with Crippen molar-refractivity contribution < 1.29 is 10.2 Å². The number of benzene rings is 2. The minimum absolute atomic E-state index is 0.265. The fourth-order valence-corrected chi connectivity index (χ4v) is 5.58. The Morgan fingerprint density at radius 3 is 1.14 bits per heavy atom. The third-order valence-corrected chi connectivity index (χ3v) is 8.33. The molecule has 0 atom stereocenters. The second-order valence-corrected chi connectivity index (χ2v) is 12.4. The van der Waals surface area contributed by atoms with Crippen molar-refractivity contribution in [2.45, 2.75) is 149 Å². The van der Waals surface area contributed by atoms with Gasteiger partial charge in [-0.05, 0) is 54.7 Å². The van der Waals surface area contributed by atoms with Crippen LogP contribution in [0.25, 0.3) is 0 Å². The van der Waals surface area contributed by atoms with E-state index in [0.717, 1.165) is 54.6 Å². The Morgan fingerprint density at radius 1 is 0.465 bits per heavy atom. The molecule has 2 N–H and O–H groups in total. The highest BCUT2D eigenvalue weighted by atomic mass is 16.3. The Hall–Kier alpha value is -2.62. The molecule has 2 aromatic rings. The standard InChI is InChI=1S/C39H62N2O2/c1-3-5-7-9-11-13-15-17-19-21-27-40-32-36-30-34(23-25-38(36)42)29-35-24-26-39(43)37(31-35)33-41-28-22-20-18-16-14-12-10-8-6-4-2/h23-26,30-33,42-43H,3-22,27-29H2,1-2H3. The maximum absolute atomic E-state index is 10.4. The van der Waals surface area contributed by atoms with E-state index in [1.807, 2.05) is 36.7 Å². The van der Waals surface area contributed by atoms with E-state index < -0.39 is 0 Å². The molecule has 2 aromatic carbocycles. The summed E-state index contributed by atoms with van der Waals surface area (Å²) in [6.45, 7) is 6.15. The molecular formula is C39H62N2O2. The van der Waals surface area contributed by atoms with Gasteiger partial charge in [0.1, 0.15) is 11.5 Å². The van der Waals surface area contributed by atoms with Gasteiger partial charge < -0.3 is 10.2 Å². The van der Waals surface area contributed by atoms with E-state index in [1.54, 1.807) is 12.1 Å². The molecule has 0 aromatic heterocycles. The van der Waals surface area contributed by atoms with Gasteiger partial charge in [0.25, 0.3) is 0 Å². The number of hydrogen-bond donors (Lipinski definition) is 2. The van der Waals surface area contributed by atoms with Gasteiger partial charge in [0, 0.05) is 36.6 Å². The van der Waals surface area contributed by atoms with Crippen molar-refractivity contribution in [1.82, 2.24) is 0 Å². The number of phenols is 2. The van der Waals surface area contributed by atoms with E-state index in [9.17, 15) is 10.2 Å². The molecule has 4 nitrogen and oxygen atoms in total. The normalized spacial score (nSPS) is 11.8. The third kappa shape index (κ3) is 17.9. The molecule has 0 amide bonds. The smallest absolute Gasteiger partial charge is 0.124 e. The zero-order valence-electron chi connectivity index (χ0n) is 27.7. The number of unbranched alkanes of at least 4 members (excludes halogenated alkanes) is 18. The van der Waals surface area contributed by atoms with Crippen LogP contribution in [-0.4, -0.2) is 35.7 Å². The predicted molar refractivity (Wildman–Crippen MR) is 188 cm³/mol. The third-order valence-electron chi connectivity index (χ3n) is 8.33. The fourth-order valence-electron chi connectivity index (χ4n) is 5.58. The van der Waals surface area contributed by atoms with Crippen molar-refractivity contribution in [1.29, 1.82) is 0 Å². The molecule has 0 aliphatic heterocycles. The van der Waals surface area contributed by atoms with Gasteiger partial charge >= 0.3 is 0 Å². The van der Waals surface area contributed by atoms with Gasteiger partial charge in [0.15, 0.2) is 0 Å². The number of nitrogens with zero attached hydrogens (tertiary/aromatic N) is 2. The largest absolute Gasteiger partial charge is 0.507 e. The van der Waals surface area contributed by atoms with Crippen LogP contribution in [0.5, 0.6) is 11.5 Å². The van der Waals surface area contributed by atoms with Gasteiger partial charge in [-0.15, -0.1) is 0 Å². The first-order valence-electron chi connectivity index (χ1n) is 17.8. The molecule has 0 radical (unpaired) electrons. The average Bonchev–Trinajstić information content (AvgIpc) is 3.01. The summed E-state index contributed by atoms with van der Waals surface area (Å²) in [7, 11) is 0. The van der Waals surface area contributed by atoms with Gasteiger partial charge in [-0.25, -0.2) is 0 Å². The Kier molecular flexibility index (Phi) is 21.1. The highest BCUT2D eigenvalue weighted by Crippen LogP contribution is 2.22. The monoisotopic (exact) mass is 590 g/mol. The molecule has 0 heterocycles. The molecule has 43 heavy (non-hydrogen) atoms. The Labute approximate surface area is 264 Å². The topological polar surface area (TPSA) is 65.2 Å². The zero-order valence-corrected chi connectivity index (χ0v) is 27.7. The van der Waals surface area contributed by atoms with E-state index in [0.29, 0.717) is 0 Å². The van der Waals surface area contributed by atoms with Gasteiger partial charge in [-0.3, -0.25) is 9.98 Å². The van der Waals surface area contributed by atoms with Crippen molar-refractivity contribution in [3.63, 3.8) is 0 Å². The van der Waals surface area contributed by atoms with Crippen LogP contribution in [0, 0.1) is 0 Å². The van der Waals surface area contributed by atoms with Crippen LogP contribution in [0.15, 0.2) is 46.4 Å². The Morgan fingerprint density at radius 2 is 0.791 bits per heavy atom. The first-order valence-corrected chi connectivity index (χ1v) is 17.8. The summed E-state index contributed by atoms with van der Waals surface area (Å²) in [6, 6.07) is 11.5. The predicted octanol–water partition coefficient (Wildman–Crippen LogP) is 11.4. The highest BCUT2D eigenvalue weighted by molar-refractivity contribution is 5.84. The molecular weight excluding hydrogens is 528 g/mol. The number of aromatic hydroxyl groups is 2. The number of hydrogen-bond acceptors (Lipinski definition) is 4. The summed E-state index contributed by atoms with van der Waals surface area (Å²) in [5.41, 5.74) is 3.75. The average molecular weight is 591 g/mol. The lowest BCUT2D eigenvalue weighted by Crippen LogP contribution is -1.94. The summed E-state index contributed by atoms with van der Waals surface area (Å²) in [5.74, 6) is 0.530. The van der Waals surface area contributed by atoms with Gasteiger partial charge in [0.2, 0.25) is 0 Å². The highest BCUT2D eigenvalue weighted by Gasteiger charge is 2.05. The molecule has 0 bridgehead atoms. The molecule has 0 aliphatic rings. The van der Waals surface area contributed by atoms with E-state index in [2.05, 4.69) is 23.8 Å². The van der Waals surface area contributed by atoms with Gasteiger partial charge in [0.05, 0.1) is 0 Å². The fraction of sp³-hybridized carbons (Fsp3) is 0.641. The van der Waals surface area contributed by atoms with Crippen molar-refractivity contribution >= 4 is 12.4 Å². The molecule has 0 spiro atoms. The number of phenolic OH excluding ortho intramolecular Hbond substituents is 2. The number of aliphatic imine (C=N–C) groups is 2. The Balaban J connectivity index is 1.70. The first kappa shape index (κ1) is 36.6. The van der Waals surface area contributed by atoms with Crippen LogP contribution < -0.4 is 0 Å². The lowest BCUT2D eigenvalue weighted by molar-refractivity contribution is 0.474. The molecule has 2 rings (SSSR count). The summed E-state index contributed by atoms with van der Waals surface area (Å²) in [5, 5.41) is 20.7. The summed E-state index contributed by atoms with van der Waals surface area (Å²) in [6.07, 6.45) is 30.7. The maximum atomic E-state index is 10.4. The molecule has 0 aliphatic carbocycles. The Bertz CT molecular complexity index is 948. The van der Waals surface area contributed by atoms with Crippen LogP contribution >= 0.6 is 0 Å². The SMILES string of the molecule is CCCCCCCCCCCCN=Cc1cc(Cc2ccc(O)c(C=NCCCCCCCCCCCC)c2)ccc1O. The maximum Gasteiger partial charge on any atom is 0.124 e.